The van der Waals surface area contributed by atoms with E-state index in [0.29, 0.717) is 6.42 Å². The minimum Gasteiger partial charge on any atom is -0.460 e. The van der Waals surface area contributed by atoms with Crippen molar-refractivity contribution in [3.8, 4) is 0 Å². The Hall–Kier alpha value is -1.29. The van der Waals surface area contributed by atoms with Gasteiger partial charge in [0.25, 0.3) is 0 Å². The molecule has 2 saturated carbocycles. The fourth-order valence-electron chi connectivity index (χ4n) is 7.37. The average molecular weight is 394 g/mol. The van der Waals surface area contributed by atoms with Crippen LogP contribution in [0, 0.1) is 28.6 Å². The maximum Gasteiger partial charge on any atom is 0.335 e. The van der Waals surface area contributed by atoms with Crippen LogP contribution in [0.1, 0.15) is 20.3 Å². The van der Waals surface area contributed by atoms with Crippen molar-refractivity contribution in [2.24, 2.45) is 28.6 Å². The van der Waals surface area contributed by atoms with Gasteiger partial charge in [0.05, 0.1) is 18.8 Å². The lowest BCUT2D eigenvalue weighted by Gasteiger charge is -2.67. The van der Waals surface area contributed by atoms with Gasteiger partial charge in [-0.3, -0.25) is 0 Å². The molecule has 2 bridgehead atoms. The van der Waals surface area contributed by atoms with Gasteiger partial charge in [-0.25, -0.2) is 4.79 Å². The van der Waals surface area contributed by atoms with E-state index in [1.54, 1.807) is 13.0 Å². The highest BCUT2D eigenvalue weighted by Gasteiger charge is 2.82. The number of hydrogen-bond donors (Lipinski definition) is 5. The van der Waals surface area contributed by atoms with Crippen molar-refractivity contribution in [3.63, 3.8) is 0 Å². The third-order valence-electron chi connectivity index (χ3n) is 8.41. The van der Waals surface area contributed by atoms with Crippen molar-refractivity contribution in [3.05, 3.63) is 23.8 Å². The van der Waals surface area contributed by atoms with E-state index in [1.165, 1.54) is 0 Å². The number of rotatable bonds is 0. The molecule has 2 saturated heterocycles. The smallest absolute Gasteiger partial charge is 0.335 e. The van der Waals surface area contributed by atoms with Crippen LogP contribution in [0.5, 0.6) is 0 Å². The Bertz CT molecular complexity index is 808. The van der Waals surface area contributed by atoms with Gasteiger partial charge in [-0.05, 0) is 24.8 Å². The van der Waals surface area contributed by atoms with E-state index in [4.69, 9.17) is 9.47 Å². The molecule has 154 valence electrons. The molecule has 4 fully saturated rings. The Morgan fingerprint density at radius 1 is 1.25 bits per heavy atom. The second-order valence-corrected chi connectivity index (χ2v) is 9.41. The molecule has 0 radical (unpaired) electrons. The first-order valence-electron chi connectivity index (χ1n) is 9.67. The van der Waals surface area contributed by atoms with Gasteiger partial charge < -0.3 is 35.0 Å². The fraction of sp³-hybridized carbons (Fsp3) is 0.750. The van der Waals surface area contributed by atoms with E-state index in [-0.39, 0.29) is 18.1 Å². The third kappa shape index (κ3) is 1.73. The summed E-state index contributed by atoms with van der Waals surface area (Å²) in [6.07, 6.45) is -4.21. The van der Waals surface area contributed by atoms with Gasteiger partial charge in [-0.1, -0.05) is 25.2 Å². The summed E-state index contributed by atoms with van der Waals surface area (Å²) < 4.78 is 11.4. The Labute approximate surface area is 162 Å². The molecule has 8 nitrogen and oxygen atoms in total. The minimum atomic E-state index is -2.07. The summed E-state index contributed by atoms with van der Waals surface area (Å²) >= 11 is 0. The van der Waals surface area contributed by atoms with E-state index in [0.717, 1.165) is 5.57 Å². The van der Waals surface area contributed by atoms with Crippen LogP contribution in [-0.2, 0) is 14.3 Å². The zero-order valence-electron chi connectivity index (χ0n) is 15.8. The minimum absolute atomic E-state index is 0.0577. The standard InChI is InChI=1S/C20H26O8/c1-7-4-10(21)15(24)18(3)9(7)5-11-19-6-27-20(26,17(18)19)14(23)8(2)12(19)13(22)16(25)28-11/h4,9-15,17,21-24,26H,2,5-6H2,1,3H3. The number of carbonyl (C=O) groups excluding carboxylic acids is 1. The molecule has 5 aliphatic rings. The molecular formula is C20H26O8. The largest absolute Gasteiger partial charge is 0.460 e. The molecule has 1 spiro atoms. The Morgan fingerprint density at radius 3 is 2.61 bits per heavy atom. The molecule has 2 heterocycles. The van der Waals surface area contributed by atoms with E-state index in [1.807, 2.05) is 6.92 Å². The first-order chi connectivity index (χ1) is 13.0. The van der Waals surface area contributed by atoms with E-state index < -0.39 is 64.9 Å². The summed E-state index contributed by atoms with van der Waals surface area (Å²) in [5.74, 6) is -4.94. The lowest BCUT2D eigenvalue weighted by Crippen LogP contribution is -2.76. The summed E-state index contributed by atoms with van der Waals surface area (Å²) in [5.41, 5.74) is -1.19. The highest BCUT2D eigenvalue weighted by atomic mass is 16.6. The molecular weight excluding hydrogens is 368 g/mol. The van der Waals surface area contributed by atoms with Crippen molar-refractivity contribution in [2.75, 3.05) is 6.61 Å². The number of fused-ring (bicyclic) bond motifs is 1. The van der Waals surface area contributed by atoms with Crippen LogP contribution < -0.4 is 0 Å². The van der Waals surface area contributed by atoms with E-state index >= 15 is 0 Å². The normalized spacial score (nSPS) is 59.9. The predicted molar refractivity (Wildman–Crippen MR) is 93.3 cm³/mol. The molecule has 2 aliphatic heterocycles. The van der Waals surface area contributed by atoms with Crippen molar-refractivity contribution in [2.45, 2.75) is 56.6 Å². The third-order valence-corrected chi connectivity index (χ3v) is 8.41. The molecule has 5 N–H and O–H groups in total. The first kappa shape index (κ1) is 18.7. The molecule has 8 heteroatoms. The monoisotopic (exact) mass is 394 g/mol. The van der Waals surface area contributed by atoms with Crippen molar-refractivity contribution < 1.29 is 39.8 Å². The van der Waals surface area contributed by atoms with Crippen LogP contribution >= 0.6 is 0 Å². The van der Waals surface area contributed by atoms with Crippen LogP contribution in [0.4, 0.5) is 0 Å². The summed E-state index contributed by atoms with van der Waals surface area (Å²) in [6.45, 7) is 7.41. The molecule has 0 amide bonds. The van der Waals surface area contributed by atoms with E-state index in [2.05, 4.69) is 6.58 Å². The molecule has 0 aromatic heterocycles. The lowest BCUT2D eigenvalue weighted by atomic mass is 9.38. The van der Waals surface area contributed by atoms with Gasteiger partial charge in [-0.2, -0.15) is 0 Å². The van der Waals surface area contributed by atoms with Crippen LogP contribution in [0.25, 0.3) is 0 Å². The summed E-state index contributed by atoms with van der Waals surface area (Å²) in [4.78, 5) is 12.4. The van der Waals surface area contributed by atoms with Gasteiger partial charge in [0.1, 0.15) is 12.2 Å². The highest BCUT2D eigenvalue weighted by Crippen LogP contribution is 2.73. The molecule has 11 atom stereocenters. The second-order valence-electron chi connectivity index (χ2n) is 9.41. The van der Waals surface area contributed by atoms with Crippen LogP contribution in [0.2, 0.25) is 0 Å². The zero-order chi connectivity index (χ0) is 20.4. The zero-order valence-corrected chi connectivity index (χ0v) is 15.8. The number of ether oxygens (including phenoxy) is 2. The molecule has 5 rings (SSSR count). The predicted octanol–water partition coefficient (Wildman–Crippen LogP) is -1.15. The lowest BCUT2D eigenvalue weighted by molar-refractivity contribution is -0.317. The second kappa shape index (κ2) is 5.24. The SMILES string of the molecule is C=C1C(O)C2(O)OCC34C(CC5C(C)=CC(O)C(O)C5(C)C23)OC(=O)C(O)C14. The first-order valence-corrected chi connectivity index (χ1v) is 9.67. The number of esters is 1. The van der Waals surface area contributed by atoms with Crippen LogP contribution in [-0.4, -0.2) is 74.4 Å². The van der Waals surface area contributed by atoms with Gasteiger partial charge in [0, 0.05) is 22.7 Å². The van der Waals surface area contributed by atoms with Gasteiger partial charge in [0.15, 0.2) is 11.9 Å². The van der Waals surface area contributed by atoms with Crippen LogP contribution in [0.3, 0.4) is 0 Å². The van der Waals surface area contributed by atoms with Crippen molar-refractivity contribution >= 4 is 5.97 Å². The highest BCUT2D eigenvalue weighted by molar-refractivity contribution is 5.77. The maximum absolute atomic E-state index is 12.4. The van der Waals surface area contributed by atoms with Crippen molar-refractivity contribution in [1.82, 2.24) is 0 Å². The Balaban J connectivity index is 1.80. The molecule has 3 aliphatic carbocycles. The molecule has 11 unspecified atom stereocenters. The summed E-state index contributed by atoms with van der Waals surface area (Å²) in [5, 5.41) is 54.6. The number of carbonyl (C=O) groups is 1. The quantitative estimate of drug-likeness (QED) is 0.257. The van der Waals surface area contributed by atoms with Gasteiger partial charge in [-0.15, -0.1) is 0 Å². The number of aliphatic hydroxyl groups excluding tert-OH is 4. The number of aliphatic hydroxyl groups is 5. The number of allylic oxidation sites excluding steroid dienone is 1. The molecule has 0 aromatic carbocycles. The van der Waals surface area contributed by atoms with Gasteiger partial charge in [0.2, 0.25) is 0 Å². The average Bonchev–Trinajstić information content (AvgIpc) is 2.92. The summed E-state index contributed by atoms with van der Waals surface area (Å²) in [7, 11) is 0. The van der Waals surface area contributed by atoms with Crippen molar-refractivity contribution in [1.29, 1.82) is 0 Å². The molecule has 28 heavy (non-hydrogen) atoms. The topological polar surface area (TPSA) is 137 Å². The van der Waals surface area contributed by atoms with Gasteiger partial charge >= 0.3 is 5.97 Å². The van der Waals surface area contributed by atoms with Crippen LogP contribution in [0.15, 0.2) is 23.8 Å². The number of hydrogen-bond acceptors (Lipinski definition) is 8. The molecule has 0 aromatic rings. The maximum atomic E-state index is 12.4. The summed E-state index contributed by atoms with van der Waals surface area (Å²) in [6, 6.07) is 0. The Kier molecular flexibility index (Phi) is 3.51. The Morgan fingerprint density at radius 2 is 1.93 bits per heavy atom. The van der Waals surface area contributed by atoms with E-state index in [9.17, 15) is 30.3 Å². The fourth-order valence-corrected chi connectivity index (χ4v) is 7.37.